The van der Waals surface area contributed by atoms with Crippen LogP contribution in [0.1, 0.15) is 42.1 Å². The lowest BCUT2D eigenvalue weighted by atomic mass is 10.0. The lowest BCUT2D eigenvalue weighted by molar-refractivity contribution is -0.113. The first kappa shape index (κ1) is 21.8. The smallest absolute Gasteiger partial charge is 0.234 e. The molecule has 1 fully saturated rings. The fourth-order valence-corrected chi connectivity index (χ4v) is 4.71. The first-order valence-corrected chi connectivity index (χ1v) is 11.4. The van der Waals surface area contributed by atoms with Gasteiger partial charge in [-0.25, -0.2) is 0 Å². The molecule has 4 nitrogen and oxygen atoms in total. The highest BCUT2D eigenvalue weighted by molar-refractivity contribution is 8.23. The van der Waals surface area contributed by atoms with Gasteiger partial charge >= 0.3 is 0 Å². The van der Waals surface area contributed by atoms with E-state index in [9.17, 15) is 9.59 Å². The second kappa shape index (κ2) is 10.2. The molecule has 29 heavy (non-hydrogen) atoms. The number of nitrogens with one attached hydrogen (secondary N) is 1. The van der Waals surface area contributed by atoms with E-state index in [-0.39, 0.29) is 17.4 Å². The van der Waals surface area contributed by atoms with Gasteiger partial charge in [-0.3, -0.25) is 9.59 Å². The monoisotopic (exact) mass is 446 g/mol. The SMILES string of the molecule is CC1CCCCN1C(=S)SCC(=O)Nc1ccc(Cl)cc1C(=O)c1ccccc1. The quantitative estimate of drug-likeness (QED) is 0.492. The van der Waals surface area contributed by atoms with Crippen molar-refractivity contribution in [3.8, 4) is 0 Å². The van der Waals surface area contributed by atoms with Gasteiger partial charge in [0, 0.05) is 28.7 Å². The largest absolute Gasteiger partial charge is 0.355 e. The van der Waals surface area contributed by atoms with E-state index in [1.807, 2.05) is 6.07 Å². The summed E-state index contributed by atoms with van der Waals surface area (Å²) < 4.78 is 0.754. The summed E-state index contributed by atoms with van der Waals surface area (Å²) >= 11 is 13.0. The number of benzene rings is 2. The average Bonchev–Trinajstić information content (AvgIpc) is 2.73. The van der Waals surface area contributed by atoms with E-state index in [1.165, 1.54) is 18.2 Å². The third kappa shape index (κ3) is 5.81. The lowest BCUT2D eigenvalue weighted by Crippen LogP contribution is -2.40. The van der Waals surface area contributed by atoms with Gasteiger partial charge in [0.15, 0.2) is 5.78 Å². The van der Waals surface area contributed by atoms with Crippen LogP contribution in [0.2, 0.25) is 5.02 Å². The van der Waals surface area contributed by atoms with Crippen LogP contribution >= 0.6 is 35.6 Å². The fourth-order valence-electron chi connectivity index (χ4n) is 3.32. The Morgan fingerprint density at radius 3 is 2.69 bits per heavy atom. The van der Waals surface area contributed by atoms with Gasteiger partial charge in [0.1, 0.15) is 4.32 Å². The zero-order valence-electron chi connectivity index (χ0n) is 16.2. The number of halogens is 1. The van der Waals surface area contributed by atoms with Crippen LogP contribution in [0.5, 0.6) is 0 Å². The van der Waals surface area contributed by atoms with Crippen LogP contribution in [0, 0.1) is 0 Å². The maximum absolute atomic E-state index is 12.9. The highest BCUT2D eigenvalue weighted by atomic mass is 35.5. The second-order valence-corrected chi connectivity index (χ2v) is 9.07. The third-order valence-electron chi connectivity index (χ3n) is 4.90. The summed E-state index contributed by atoms with van der Waals surface area (Å²) in [5.41, 5.74) is 1.36. The van der Waals surface area contributed by atoms with Crippen molar-refractivity contribution in [1.29, 1.82) is 0 Å². The Morgan fingerprint density at radius 1 is 1.21 bits per heavy atom. The fraction of sp³-hybridized carbons (Fsp3) is 0.318. The number of anilines is 1. The number of likely N-dealkylation sites (tertiary alicyclic amines) is 1. The molecule has 1 atom stereocenters. The minimum Gasteiger partial charge on any atom is -0.355 e. The molecule has 1 amide bonds. The summed E-state index contributed by atoms with van der Waals surface area (Å²) in [7, 11) is 0. The number of hydrogen-bond acceptors (Lipinski definition) is 4. The Kier molecular flexibility index (Phi) is 7.70. The van der Waals surface area contributed by atoms with Gasteiger partial charge in [-0.2, -0.15) is 0 Å². The molecule has 1 unspecified atom stereocenters. The first-order chi connectivity index (χ1) is 14.0. The van der Waals surface area contributed by atoms with E-state index in [0.717, 1.165) is 23.7 Å². The van der Waals surface area contributed by atoms with Crippen LogP contribution in [0.15, 0.2) is 48.5 Å². The molecule has 3 rings (SSSR count). The summed E-state index contributed by atoms with van der Waals surface area (Å²) in [4.78, 5) is 27.6. The molecule has 0 bridgehead atoms. The topological polar surface area (TPSA) is 49.4 Å². The molecule has 2 aromatic rings. The Bertz CT molecular complexity index is 905. The summed E-state index contributed by atoms with van der Waals surface area (Å²) in [6.45, 7) is 3.11. The van der Waals surface area contributed by atoms with Crippen LogP contribution in [0.25, 0.3) is 0 Å². The van der Waals surface area contributed by atoms with Gasteiger partial charge in [0.25, 0.3) is 0 Å². The van der Waals surface area contributed by atoms with Gasteiger partial charge in [0.05, 0.1) is 11.4 Å². The predicted molar refractivity (Wildman–Crippen MR) is 125 cm³/mol. The number of hydrogen-bond donors (Lipinski definition) is 1. The van der Waals surface area contributed by atoms with Crippen molar-refractivity contribution >= 4 is 57.3 Å². The maximum Gasteiger partial charge on any atom is 0.234 e. The summed E-state index contributed by atoms with van der Waals surface area (Å²) in [6.07, 6.45) is 3.48. The van der Waals surface area contributed by atoms with Crippen molar-refractivity contribution < 1.29 is 9.59 Å². The number of rotatable bonds is 5. The number of amides is 1. The highest BCUT2D eigenvalue weighted by Gasteiger charge is 2.22. The van der Waals surface area contributed by atoms with Crippen LogP contribution in [-0.4, -0.2) is 39.3 Å². The highest BCUT2D eigenvalue weighted by Crippen LogP contribution is 2.25. The number of thiocarbonyl (C=S) groups is 1. The number of carbonyl (C=O) groups excluding carboxylic acids is 2. The molecular formula is C22H23ClN2O2S2. The first-order valence-electron chi connectivity index (χ1n) is 9.58. The molecule has 0 aliphatic carbocycles. The minimum atomic E-state index is -0.202. The molecule has 0 saturated carbocycles. The number of carbonyl (C=O) groups is 2. The van der Waals surface area contributed by atoms with E-state index in [0.29, 0.717) is 27.9 Å². The average molecular weight is 447 g/mol. The van der Waals surface area contributed by atoms with Gasteiger partial charge < -0.3 is 10.2 Å². The zero-order chi connectivity index (χ0) is 20.8. The van der Waals surface area contributed by atoms with Crippen molar-refractivity contribution in [1.82, 2.24) is 4.90 Å². The van der Waals surface area contributed by atoms with Crippen molar-refractivity contribution in [3.63, 3.8) is 0 Å². The minimum absolute atomic E-state index is 0.186. The number of thioether (sulfide) groups is 1. The van der Waals surface area contributed by atoms with Crippen LogP contribution < -0.4 is 5.32 Å². The molecule has 0 radical (unpaired) electrons. The summed E-state index contributed by atoms with van der Waals surface area (Å²) in [6, 6.07) is 14.2. The molecule has 0 spiro atoms. The van der Waals surface area contributed by atoms with Crippen LogP contribution in [0.3, 0.4) is 0 Å². The van der Waals surface area contributed by atoms with Gasteiger partial charge in [0.2, 0.25) is 5.91 Å². The predicted octanol–water partition coefficient (Wildman–Crippen LogP) is 5.40. The van der Waals surface area contributed by atoms with E-state index < -0.39 is 0 Å². The van der Waals surface area contributed by atoms with Crippen LogP contribution in [0.4, 0.5) is 5.69 Å². The molecule has 1 heterocycles. The summed E-state index contributed by atoms with van der Waals surface area (Å²) in [5, 5.41) is 3.28. The van der Waals surface area contributed by atoms with Gasteiger partial charge in [-0.05, 0) is 44.4 Å². The normalized spacial score (nSPS) is 16.3. The third-order valence-corrected chi connectivity index (χ3v) is 6.61. The standard InChI is InChI=1S/C22H23ClN2O2S2/c1-15-7-5-6-12-25(15)22(28)29-14-20(26)24-19-11-10-17(23)13-18(19)21(27)16-8-3-2-4-9-16/h2-4,8-11,13,15H,5-7,12,14H2,1H3,(H,24,26). The summed E-state index contributed by atoms with van der Waals surface area (Å²) in [5.74, 6) is -0.191. The van der Waals surface area contributed by atoms with Gasteiger partial charge in [-0.1, -0.05) is 65.9 Å². The Morgan fingerprint density at radius 2 is 1.97 bits per heavy atom. The zero-order valence-corrected chi connectivity index (χ0v) is 18.6. The molecule has 1 aliphatic heterocycles. The molecule has 1 N–H and O–H groups in total. The van der Waals surface area contributed by atoms with E-state index in [1.54, 1.807) is 42.5 Å². The van der Waals surface area contributed by atoms with E-state index in [4.69, 9.17) is 23.8 Å². The van der Waals surface area contributed by atoms with Crippen molar-refractivity contribution in [2.75, 3.05) is 17.6 Å². The Balaban J connectivity index is 1.66. The molecule has 7 heteroatoms. The molecule has 1 saturated heterocycles. The second-order valence-electron chi connectivity index (χ2n) is 7.03. The van der Waals surface area contributed by atoms with Crippen molar-refractivity contribution in [2.45, 2.75) is 32.2 Å². The molecule has 152 valence electrons. The number of piperidine rings is 1. The number of nitrogens with zero attached hydrogens (tertiary/aromatic N) is 1. The maximum atomic E-state index is 12.9. The lowest BCUT2D eigenvalue weighted by Gasteiger charge is -2.35. The molecule has 2 aromatic carbocycles. The number of ketones is 1. The van der Waals surface area contributed by atoms with Crippen molar-refractivity contribution in [2.24, 2.45) is 0 Å². The van der Waals surface area contributed by atoms with Crippen LogP contribution in [-0.2, 0) is 4.79 Å². The van der Waals surface area contributed by atoms with E-state index in [2.05, 4.69) is 17.1 Å². The molecule has 1 aliphatic rings. The molecule has 0 aromatic heterocycles. The Labute approximate surface area is 186 Å². The molecular weight excluding hydrogens is 424 g/mol. The van der Waals surface area contributed by atoms with Crippen molar-refractivity contribution in [3.05, 3.63) is 64.7 Å². The Hall–Kier alpha value is -1.89. The van der Waals surface area contributed by atoms with E-state index >= 15 is 0 Å². The van der Waals surface area contributed by atoms with Gasteiger partial charge in [-0.15, -0.1) is 0 Å².